The molecule has 0 aromatic carbocycles. The van der Waals surface area contributed by atoms with Crippen molar-refractivity contribution in [1.82, 2.24) is 4.98 Å². The summed E-state index contributed by atoms with van der Waals surface area (Å²) in [6.07, 6.45) is 1.50. The minimum absolute atomic E-state index is 0.0597. The maximum atomic E-state index is 11.8. The molecule has 0 unspecified atom stereocenters. The molecule has 0 fully saturated rings. The summed E-state index contributed by atoms with van der Waals surface area (Å²) in [5, 5.41) is 12.0. The van der Waals surface area contributed by atoms with Crippen LogP contribution in [0.5, 0.6) is 5.75 Å². The number of amides is 1. The number of carbonyl (C=O) groups excluding carboxylic acids is 1. The van der Waals surface area contributed by atoms with Crippen LogP contribution in [0.15, 0.2) is 32.7 Å². The zero-order valence-electron chi connectivity index (χ0n) is 8.28. The van der Waals surface area contributed by atoms with Crippen LogP contribution in [0.2, 0.25) is 0 Å². The Morgan fingerprint density at radius 2 is 2.24 bits per heavy atom. The van der Waals surface area contributed by atoms with Gasteiger partial charge < -0.3 is 10.4 Å². The van der Waals surface area contributed by atoms with Crippen LogP contribution in [0, 0.1) is 0 Å². The van der Waals surface area contributed by atoms with Crippen molar-refractivity contribution in [3.8, 4) is 5.75 Å². The molecule has 1 amide bonds. The SMILES string of the molecule is O=C(Nc1ncccc1O)c1cc(Br)c(Br)s1. The molecular weight excluding hydrogens is 372 g/mol. The number of carbonyl (C=O) groups is 1. The minimum Gasteiger partial charge on any atom is -0.504 e. The number of aromatic hydroxyl groups is 1. The maximum absolute atomic E-state index is 11.8. The highest BCUT2D eigenvalue weighted by molar-refractivity contribution is 9.13. The molecule has 0 aliphatic carbocycles. The average Bonchev–Trinajstić information content (AvgIpc) is 2.63. The van der Waals surface area contributed by atoms with E-state index in [9.17, 15) is 9.90 Å². The Labute approximate surface area is 118 Å². The van der Waals surface area contributed by atoms with Crippen LogP contribution >= 0.6 is 43.2 Å². The second-order valence-electron chi connectivity index (χ2n) is 3.06. The lowest BCUT2D eigenvalue weighted by molar-refractivity contribution is 0.102. The Kier molecular flexibility index (Phi) is 3.80. The molecule has 2 aromatic rings. The van der Waals surface area contributed by atoms with E-state index in [1.54, 1.807) is 12.1 Å². The number of hydrogen-bond donors (Lipinski definition) is 2. The maximum Gasteiger partial charge on any atom is 0.267 e. The zero-order chi connectivity index (χ0) is 12.4. The number of aromatic nitrogens is 1. The summed E-state index contributed by atoms with van der Waals surface area (Å²) in [7, 11) is 0. The molecule has 0 radical (unpaired) electrons. The summed E-state index contributed by atoms with van der Waals surface area (Å²) in [6.45, 7) is 0. The summed E-state index contributed by atoms with van der Waals surface area (Å²) in [4.78, 5) is 16.2. The molecule has 4 nitrogen and oxygen atoms in total. The van der Waals surface area contributed by atoms with Gasteiger partial charge in [-0.15, -0.1) is 11.3 Å². The monoisotopic (exact) mass is 376 g/mol. The predicted molar refractivity (Wildman–Crippen MR) is 73.6 cm³/mol. The van der Waals surface area contributed by atoms with Crippen LogP contribution in [0.3, 0.4) is 0 Å². The average molecular weight is 378 g/mol. The first-order valence-electron chi connectivity index (χ1n) is 4.48. The third-order valence-corrected chi connectivity index (χ3v) is 5.14. The first-order chi connectivity index (χ1) is 8.08. The van der Waals surface area contributed by atoms with Gasteiger partial charge in [0.05, 0.1) is 8.66 Å². The van der Waals surface area contributed by atoms with E-state index in [1.807, 2.05) is 0 Å². The van der Waals surface area contributed by atoms with Crippen LogP contribution in [-0.4, -0.2) is 16.0 Å². The smallest absolute Gasteiger partial charge is 0.267 e. The van der Waals surface area contributed by atoms with Crippen molar-refractivity contribution in [3.63, 3.8) is 0 Å². The molecule has 7 heteroatoms. The van der Waals surface area contributed by atoms with E-state index >= 15 is 0 Å². The number of rotatable bonds is 2. The second-order valence-corrected chi connectivity index (χ2v) is 6.28. The van der Waals surface area contributed by atoms with Gasteiger partial charge in [-0.1, -0.05) is 0 Å². The first-order valence-corrected chi connectivity index (χ1v) is 6.88. The number of nitrogens with zero attached hydrogens (tertiary/aromatic N) is 1. The normalized spacial score (nSPS) is 10.2. The summed E-state index contributed by atoms with van der Waals surface area (Å²) < 4.78 is 1.66. The van der Waals surface area contributed by atoms with Gasteiger partial charge in [0, 0.05) is 10.7 Å². The Morgan fingerprint density at radius 1 is 1.47 bits per heavy atom. The van der Waals surface area contributed by atoms with Crippen molar-refractivity contribution in [2.24, 2.45) is 0 Å². The number of thiophene rings is 1. The van der Waals surface area contributed by atoms with E-state index in [-0.39, 0.29) is 17.5 Å². The van der Waals surface area contributed by atoms with Gasteiger partial charge in [-0.2, -0.15) is 0 Å². The van der Waals surface area contributed by atoms with Crippen molar-refractivity contribution in [1.29, 1.82) is 0 Å². The molecule has 2 aromatic heterocycles. The third kappa shape index (κ3) is 2.85. The number of pyridine rings is 1. The van der Waals surface area contributed by atoms with Gasteiger partial charge in [0.15, 0.2) is 11.6 Å². The molecule has 0 spiro atoms. The molecule has 88 valence electrons. The Morgan fingerprint density at radius 3 is 2.82 bits per heavy atom. The number of anilines is 1. The molecule has 0 saturated heterocycles. The molecule has 0 aliphatic heterocycles. The highest BCUT2D eigenvalue weighted by Crippen LogP contribution is 2.33. The van der Waals surface area contributed by atoms with Crippen LogP contribution in [0.1, 0.15) is 9.67 Å². The fourth-order valence-electron chi connectivity index (χ4n) is 1.12. The summed E-state index contributed by atoms with van der Waals surface area (Å²) >= 11 is 7.91. The van der Waals surface area contributed by atoms with Gasteiger partial charge in [0.25, 0.3) is 5.91 Å². The molecule has 0 bridgehead atoms. The molecule has 0 saturated carbocycles. The fourth-order valence-corrected chi connectivity index (χ4v) is 3.05. The highest BCUT2D eigenvalue weighted by Gasteiger charge is 2.14. The van der Waals surface area contributed by atoms with E-state index in [1.165, 1.54) is 23.6 Å². The number of halogens is 2. The van der Waals surface area contributed by atoms with Gasteiger partial charge in [-0.05, 0) is 50.1 Å². The predicted octanol–water partition coefficient (Wildman–Crippen LogP) is 3.63. The third-order valence-electron chi connectivity index (χ3n) is 1.89. The topological polar surface area (TPSA) is 62.2 Å². The van der Waals surface area contributed by atoms with Gasteiger partial charge in [-0.3, -0.25) is 4.79 Å². The summed E-state index contributed by atoms with van der Waals surface area (Å²) in [5.41, 5.74) is 0. The van der Waals surface area contributed by atoms with Crippen LogP contribution < -0.4 is 5.32 Å². The Hall–Kier alpha value is -0.920. The number of nitrogens with one attached hydrogen (secondary N) is 1. The molecule has 0 aliphatic rings. The zero-order valence-corrected chi connectivity index (χ0v) is 12.3. The molecule has 2 rings (SSSR count). The summed E-state index contributed by atoms with van der Waals surface area (Å²) in [5.74, 6) is -0.218. The Balaban J connectivity index is 2.20. The lowest BCUT2D eigenvalue weighted by Crippen LogP contribution is -2.11. The standard InChI is InChI=1S/C10H6Br2N2O2S/c11-5-4-7(17-8(5)12)10(16)14-9-6(15)2-1-3-13-9/h1-4,15H,(H,13,14,16). The quantitative estimate of drug-likeness (QED) is 0.839. The van der Waals surface area contributed by atoms with Crippen LogP contribution in [0.4, 0.5) is 5.82 Å². The van der Waals surface area contributed by atoms with E-state index in [2.05, 4.69) is 42.2 Å². The van der Waals surface area contributed by atoms with Gasteiger partial charge in [0.1, 0.15) is 0 Å². The second kappa shape index (κ2) is 5.16. The van der Waals surface area contributed by atoms with E-state index < -0.39 is 0 Å². The lowest BCUT2D eigenvalue weighted by Gasteiger charge is -2.03. The van der Waals surface area contributed by atoms with E-state index in [0.29, 0.717) is 4.88 Å². The highest BCUT2D eigenvalue weighted by atomic mass is 79.9. The van der Waals surface area contributed by atoms with E-state index in [4.69, 9.17) is 0 Å². The summed E-state index contributed by atoms with van der Waals surface area (Å²) in [6, 6.07) is 4.75. The van der Waals surface area contributed by atoms with Gasteiger partial charge in [0.2, 0.25) is 0 Å². The van der Waals surface area contributed by atoms with Gasteiger partial charge in [-0.25, -0.2) is 4.98 Å². The van der Waals surface area contributed by atoms with Crippen LogP contribution in [-0.2, 0) is 0 Å². The van der Waals surface area contributed by atoms with Crippen molar-refractivity contribution in [2.45, 2.75) is 0 Å². The van der Waals surface area contributed by atoms with E-state index in [0.717, 1.165) is 8.26 Å². The Bertz CT molecular complexity index is 552. The van der Waals surface area contributed by atoms with Crippen molar-refractivity contribution in [2.75, 3.05) is 5.32 Å². The molecular formula is C10H6Br2N2O2S. The fraction of sp³-hybridized carbons (Fsp3) is 0. The molecule has 17 heavy (non-hydrogen) atoms. The minimum atomic E-state index is -0.310. The van der Waals surface area contributed by atoms with Crippen molar-refractivity contribution >= 4 is 54.9 Å². The van der Waals surface area contributed by atoms with Crippen molar-refractivity contribution < 1.29 is 9.90 Å². The largest absolute Gasteiger partial charge is 0.504 e. The molecule has 0 atom stereocenters. The molecule has 2 N–H and O–H groups in total. The lowest BCUT2D eigenvalue weighted by atomic mass is 10.4. The van der Waals surface area contributed by atoms with Crippen molar-refractivity contribution in [3.05, 3.63) is 37.5 Å². The van der Waals surface area contributed by atoms with Gasteiger partial charge >= 0.3 is 0 Å². The van der Waals surface area contributed by atoms with Crippen LogP contribution in [0.25, 0.3) is 0 Å². The first kappa shape index (κ1) is 12.5. The molecule has 2 heterocycles. The number of hydrogen-bond acceptors (Lipinski definition) is 4.